The average Bonchev–Trinajstić information content (AvgIpc) is 3.65. The first-order valence-electron chi connectivity index (χ1n) is 10.8. The monoisotopic (exact) mass is 453 g/mol. The first kappa shape index (κ1) is 22.4. The Labute approximate surface area is 192 Å². The third-order valence-corrected chi connectivity index (χ3v) is 5.64. The molecule has 2 aliphatic rings. The molecule has 2 aromatic rings. The van der Waals surface area contributed by atoms with Crippen molar-refractivity contribution in [1.82, 2.24) is 4.90 Å². The van der Waals surface area contributed by atoms with Gasteiger partial charge in [-0.1, -0.05) is 12.1 Å². The molecule has 4 rings (SSSR count). The third kappa shape index (κ3) is 5.36. The number of ether oxygens (including phenoxy) is 3. The Kier molecular flexibility index (Phi) is 6.67. The lowest BCUT2D eigenvalue weighted by atomic mass is 10.2. The zero-order valence-electron chi connectivity index (χ0n) is 18.7. The Morgan fingerprint density at radius 1 is 1.18 bits per heavy atom. The topological polar surface area (TPSA) is 97.4 Å². The van der Waals surface area contributed by atoms with Gasteiger partial charge in [0, 0.05) is 37.8 Å². The molecule has 0 unspecified atom stereocenters. The molecule has 9 nitrogen and oxygen atoms in total. The normalized spacial score (nSPS) is 14.7. The lowest BCUT2D eigenvalue weighted by molar-refractivity contribution is -0.134. The molecule has 2 aromatic carbocycles. The summed E-state index contributed by atoms with van der Waals surface area (Å²) in [5, 5.41) is 2.84. The summed E-state index contributed by atoms with van der Waals surface area (Å²) in [6, 6.07) is 12.5. The van der Waals surface area contributed by atoms with Crippen molar-refractivity contribution in [3.05, 3.63) is 42.5 Å². The lowest BCUT2D eigenvalue weighted by Crippen LogP contribution is -2.38. The van der Waals surface area contributed by atoms with Gasteiger partial charge in [0.2, 0.25) is 5.91 Å². The van der Waals surface area contributed by atoms with Crippen LogP contribution in [0.4, 0.5) is 11.4 Å². The molecular formula is C24H27N3O6. The fourth-order valence-electron chi connectivity index (χ4n) is 3.66. The maximum Gasteiger partial charge on any atom is 0.264 e. The molecule has 1 heterocycles. The number of anilines is 2. The Balaban J connectivity index is 1.30. The van der Waals surface area contributed by atoms with Crippen LogP contribution >= 0.6 is 0 Å². The molecule has 174 valence electrons. The minimum atomic E-state index is -0.209. The summed E-state index contributed by atoms with van der Waals surface area (Å²) in [5.74, 6) is 1.11. The predicted molar refractivity (Wildman–Crippen MR) is 122 cm³/mol. The van der Waals surface area contributed by atoms with E-state index in [9.17, 15) is 14.4 Å². The van der Waals surface area contributed by atoms with Gasteiger partial charge in [0.25, 0.3) is 11.8 Å². The maximum atomic E-state index is 12.8. The Morgan fingerprint density at radius 2 is 1.94 bits per heavy atom. The van der Waals surface area contributed by atoms with Crippen LogP contribution < -0.4 is 24.4 Å². The van der Waals surface area contributed by atoms with E-state index in [1.165, 1.54) is 4.90 Å². The van der Waals surface area contributed by atoms with Gasteiger partial charge in [-0.05, 0) is 37.1 Å². The molecule has 1 saturated carbocycles. The molecular weight excluding hydrogens is 426 g/mol. The van der Waals surface area contributed by atoms with Gasteiger partial charge in [0.05, 0.1) is 12.8 Å². The van der Waals surface area contributed by atoms with E-state index >= 15 is 0 Å². The van der Waals surface area contributed by atoms with Gasteiger partial charge in [-0.3, -0.25) is 14.4 Å². The summed E-state index contributed by atoms with van der Waals surface area (Å²) in [6.07, 6.45) is 2.01. The molecule has 1 fully saturated rings. The highest BCUT2D eigenvalue weighted by Gasteiger charge is 2.33. The number of carbonyl (C=O) groups is 3. The highest BCUT2D eigenvalue weighted by atomic mass is 16.5. The van der Waals surface area contributed by atoms with Gasteiger partial charge in [-0.2, -0.15) is 0 Å². The van der Waals surface area contributed by atoms with E-state index in [-0.39, 0.29) is 43.4 Å². The van der Waals surface area contributed by atoms with Crippen molar-refractivity contribution < 1.29 is 28.6 Å². The predicted octanol–water partition coefficient (Wildman–Crippen LogP) is 2.45. The fraction of sp³-hybridized carbons (Fsp3) is 0.375. The number of nitrogens with zero attached hydrogens (tertiary/aromatic N) is 2. The van der Waals surface area contributed by atoms with Gasteiger partial charge in [0.15, 0.2) is 24.7 Å². The van der Waals surface area contributed by atoms with Crippen LogP contribution in [0.1, 0.15) is 19.3 Å². The summed E-state index contributed by atoms with van der Waals surface area (Å²) in [6.45, 7) is 0.159. The molecule has 3 amide bonds. The van der Waals surface area contributed by atoms with E-state index in [0.717, 1.165) is 12.8 Å². The van der Waals surface area contributed by atoms with Crippen LogP contribution in [-0.2, 0) is 14.4 Å². The van der Waals surface area contributed by atoms with E-state index in [1.54, 1.807) is 49.4 Å². The number of hydrogen-bond acceptors (Lipinski definition) is 6. The second-order valence-corrected chi connectivity index (χ2v) is 7.98. The van der Waals surface area contributed by atoms with E-state index < -0.39 is 0 Å². The van der Waals surface area contributed by atoms with Crippen LogP contribution in [0.2, 0.25) is 0 Å². The van der Waals surface area contributed by atoms with E-state index in [0.29, 0.717) is 35.2 Å². The number of methoxy groups -OCH3 is 1. The molecule has 0 radical (unpaired) electrons. The summed E-state index contributed by atoms with van der Waals surface area (Å²) in [4.78, 5) is 40.3. The number of carbonyl (C=O) groups excluding carboxylic acids is 3. The van der Waals surface area contributed by atoms with E-state index in [4.69, 9.17) is 14.2 Å². The van der Waals surface area contributed by atoms with Crippen molar-refractivity contribution in [3.63, 3.8) is 0 Å². The SMILES string of the molecule is COc1ccccc1OCC(=O)N(CCC(=O)Nc1ccc2c(c1)OCC(=O)N2C)C1CC1. The van der Waals surface area contributed by atoms with Gasteiger partial charge in [-0.25, -0.2) is 0 Å². The van der Waals surface area contributed by atoms with Gasteiger partial charge < -0.3 is 29.3 Å². The molecule has 1 aliphatic carbocycles. The third-order valence-electron chi connectivity index (χ3n) is 5.64. The standard InChI is InChI=1S/C24H27N3O6/c1-26-18-10-7-16(13-21(18)33-14-23(26)29)25-22(28)11-12-27(17-8-9-17)24(30)15-32-20-6-4-3-5-19(20)31-2/h3-7,10,13,17H,8-9,11-12,14-15H2,1-2H3,(H,25,28). The first-order valence-corrected chi connectivity index (χ1v) is 10.8. The maximum absolute atomic E-state index is 12.8. The second kappa shape index (κ2) is 9.81. The average molecular weight is 453 g/mol. The lowest BCUT2D eigenvalue weighted by Gasteiger charge is -2.26. The quantitative estimate of drug-likeness (QED) is 0.627. The van der Waals surface area contributed by atoms with Crippen molar-refractivity contribution in [2.45, 2.75) is 25.3 Å². The van der Waals surface area contributed by atoms with Crippen molar-refractivity contribution in [2.75, 3.05) is 44.1 Å². The number of rotatable bonds is 9. The molecule has 33 heavy (non-hydrogen) atoms. The van der Waals surface area contributed by atoms with Gasteiger partial charge >= 0.3 is 0 Å². The number of fused-ring (bicyclic) bond motifs is 1. The van der Waals surface area contributed by atoms with Crippen molar-refractivity contribution in [1.29, 1.82) is 0 Å². The molecule has 0 spiro atoms. The van der Waals surface area contributed by atoms with Gasteiger partial charge in [0.1, 0.15) is 5.75 Å². The summed E-state index contributed by atoms with van der Waals surface area (Å²) in [7, 11) is 3.23. The first-order chi connectivity index (χ1) is 16.0. The van der Waals surface area contributed by atoms with Crippen LogP contribution in [0.15, 0.2) is 42.5 Å². The van der Waals surface area contributed by atoms with Crippen LogP contribution in [-0.4, -0.2) is 62.6 Å². The Bertz CT molecular complexity index is 1050. The number of amides is 3. The minimum absolute atomic E-state index is 0.0315. The number of likely N-dealkylation sites (N-methyl/N-ethyl adjacent to an activating group) is 1. The largest absolute Gasteiger partial charge is 0.493 e. The van der Waals surface area contributed by atoms with Crippen LogP contribution in [0.3, 0.4) is 0 Å². The minimum Gasteiger partial charge on any atom is -0.493 e. The molecule has 9 heteroatoms. The van der Waals surface area contributed by atoms with Crippen LogP contribution in [0.25, 0.3) is 0 Å². The highest BCUT2D eigenvalue weighted by Crippen LogP contribution is 2.34. The van der Waals surface area contributed by atoms with Crippen molar-refractivity contribution >= 4 is 29.1 Å². The zero-order valence-corrected chi connectivity index (χ0v) is 18.7. The number of hydrogen-bond donors (Lipinski definition) is 1. The summed E-state index contributed by atoms with van der Waals surface area (Å²) in [5.41, 5.74) is 1.23. The van der Waals surface area contributed by atoms with Crippen LogP contribution in [0.5, 0.6) is 17.2 Å². The fourth-order valence-corrected chi connectivity index (χ4v) is 3.66. The van der Waals surface area contributed by atoms with Gasteiger partial charge in [-0.15, -0.1) is 0 Å². The smallest absolute Gasteiger partial charge is 0.264 e. The molecule has 0 atom stereocenters. The highest BCUT2D eigenvalue weighted by molar-refractivity contribution is 5.98. The molecule has 0 aromatic heterocycles. The Morgan fingerprint density at radius 3 is 2.67 bits per heavy atom. The summed E-state index contributed by atoms with van der Waals surface area (Å²) < 4.78 is 16.4. The zero-order chi connectivity index (χ0) is 23.4. The van der Waals surface area contributed by atoms with E-state index in [2.05, 4.69) is 5.32 Å². The molecule has 0 bridgehead atoms. The summed E-state index contributed by atoms with van der Waals surface area (Å²) >= 11 is 0. The Hall–Kier alpha value is -3.75. The molecule has 0 saturated heterocycles. The number of nitrogens with one attached hydrogen (secondary N) is 1. The number of para-hydroxylation sites is 2. The van der Waals surface area contributed by atoms with E-state index in [1.807, 2.05) is 12.1 Å². The van der Waals surface area contributed by atoms with Crippen LogP contribution in [0, 0.1) is 0 Å². The number of benzene rings is 2. The van der Waals surface area contributed by atoms with Crippen molar-refractivity contribution in [3.8, 4) is 17.2 Å². The molecule has 1 N–H and O–H groups in total. The second-order valence-electron chi connectivity index (χ2n) is 7.98. The molecule has 1 aliphatic heterocycles. The van der Waals surface area contributed by atoms with Crippen molar-refractivity contribution in [2.24, 2.45) is 0 Å².